The van der Waals surface area contributed by atoms with Crippen molar-refractivity contribution in [3.63, 3.8) is 0 Å². The van der Waals surface area contributed by atoms with E-state index in [2.05, 4.69) is 4.72 Å². The number of nitrogens with one attached hydrogen (secondary N) is 1. The highest BCUT2D eigenvalue weighted by molar-refractivity contribution is 7.89. The van der Waals surface area contributed by atoms with Crippen LogP contribution in [-0.4, -0.2) is 26.2 Å². The van der Waals surface area contributed by atoms with E-state index in [1.807, 2.05) is 20.8 Å². The largest absolute Gasteiger partial charge is 0.396 e. The number of aliphatic hydroxyl groups excluding tert-OH is 1. The van der Waals surface area contributed by atoms with Crippen LogP contribution < -0.4 is 4.72 Å². The van der Waals surface area contributed by atoms with Gasteiger partial charge in [0.15, 0.2) is 0 Å². The van der Waals surface area contributed by atoms with Crippen molar-refractivity contribution in [1.29, 1.82) is 0 Å². The first-order valence-electron chi connectivity index (χ1n) is 6.10. The summed E-state index contributed by atoms with van der Waals surface area (Å²) in [5, 5.41) is 9.11. The first-order valence-corrected chi connectivity index (χ1v) is 7.59. The predicted octanol–water partition coefficient (Wildman–Crippen LogP) is 1.68. The fourth-order valence-electron chi connectivity index (χ4n) is 1.71. The van der Waals surface area contributed by atoms with Crippen molar-refractivity contribution in [2.45, 2.75) is 38.1 Å². The Kier molecular flexibility index (Phi) is 5.31. The molecule has 1 rings (SSSR count). The molecule has 0 heterocycles. The Hall–Kier alpha value is -0.910. The molecule has 1 aromatic rings. The van der Waals surface area contributed by atoms with Crippen molar-refractivity contribution >= 4 is 10.0 Å². The predicted molar refractivity (Wildman–Crippen MR) is 71.8 cm³/mol. The van der Waals surface area contributed by atoms with Gasteiger partial charge in [-0.1, -0.05) is 31.5 Å². The Morgan fingerprint density at radius 1 is 1.28 bits per heavy atom. The van der Waals surface area contributed by atoms with E-state index in [9.17, 15) is 8.42 Å². The van der Waals surface area contributed by atoms with Gasteiger partial charge in [0.05, 0.1) is 4.90 Å². The number of hydrogen-bond donors (Lipinski definition) is 2. The maximum atomic E-state index is 12.1. The molecular weight excluding hydrogens is 250 g/mol. The Labute approximate surface area is 109 Å². The van der Waals surface area contributed by atoms with Crippen molar-refractivity contribution in [2.75, 3.05) is 6.61 Å². The minimum Gasteiger partial charge on any atom is -0.396 e. The van der Waals surface area contributed by atoms with Crippen molar-refractivity contribution in [2.24, 2.45) is 5.92 Å². The van der Waals surface area contributed by atoms with Crippen LogP contribution in [0.2, 0.25) is 0 Å². The van der Waals surface area contributed by atoms with E-state index in [4.69, 9.17) is 5.11 Å². The summed E-state index contributed by atoms with van der Waals surface area (Å²) in [5.41, 5.74) is 1.02. The highest BCUT2D eigenvalue weighted by Gasteiger charge is 2.22. The van der Waals surface area contributed by atoms with Crippen molar-refractivity contribution in [3.05, 3.63) is 29.8 Å². The van der Waals surface area contributed by atoms with Crippen molar-refractivity contribution < 1.29 is 13.5 Å². The van der Waals surface area contributed by atoms with Crippen LogP contribution in [-0.2, 0) is 10.0 Å². The van der Waals surface area contributed by atoms with E-state index >= 15 is 0 Å². The minimum atomic E-state index is -3.50. The zero-order valence-electron chi connectivity index (χ0n) is 11.1. The minimum absolute atomic E-state index is 0.0328. The van der Waals surface area contributed by atoms with Crippen LogP contribution >= 0.6 is 0 Å². The molecule has 0 unspecified atom stereocenters. The molecular formula is C13H21NO3S. The summed E-state index contributed by atoms with van der Waals surface area (Å²) in [4.78, 5) is 0.261. The van der Waals surface area contributed by atoms with E-state index in [0.717, 1.165) is 5.56 Å². The van der Waals surface area contributed by atoms with Crippen LogP contribution in [0.1, 0.15) is 25.8 Å². The van der Waals surface area contributed by atoms with Crippen LogP contribution in [0.5, 0.6) is 0 Å². The van der Waals surface area contributed by atoms with E-state index in [0.29, 0.717) is 6.42 Å². The summed E-state index contributed by atoms with van der Waals surface area (Å²) in [6.07, 6.45) is 0.646. The fraction of sp³-hybridized carbons (Fsp3) is 0.538. The molecule has 0 bridgehead atoms. The van der Waals surface area contributed by atoms with Crippen LogP contribution in [0.25, 0.3) is 0 Å². The lowest BCUT2D eigenvalue weighted by Gasteiger charge is -2.22. The van der Waals surface area contributed by atoms with Gasteiger partial charge in [0.2, 0.25) is 10.0 Å². The average molecular weight is 271 g/mol. The molecule has 0 aliphatic heterocycles. The molecule has 5 heteroatoms. The molecule has 0 saturated heterocycles. The third-order valence-electron chi connectivity index (χ3n) is 3.05. The Morgan fingerprint density at radius 2 is 1.83 bits per heavy atom. The molecule has 0 radical (unpaired) electrons. The molecule has 2 N–H and O–H groups in total. The standard InChI is InChI=1S/C13H21NO3S/c1-4-13(11(3)9-15)14-18(16,17)12-7-5-10(2)6-8-12/h5-8,11,13-15H,4,9H2,1-3H3/t11-,13-/m0/s1. The summed E-state index contributed by atoms with van der Waals surface area (Å²) in [6.45, 7) is 5.60. The Morgan fingerprint density at radius 3 is 2.28 bits per heavy atom. The average Bonchev–Trinajstić information content (AvgIpc) is 2.35. The summed E-state index contributed by atoms with van der Waals surface area (Å²) < 4.78 is 26.9. The number of benzene rings is 1. The maximum absolute atomic E-state index is 12.1. The highest BCUT2D eigenvalue weighted by Crippen LogP contribution is 2.14. The van der Waals surface area contributed by atoms with E-state index in [1.165, 1.54) is 0 Å². The second-order valence-electron chi connectivity index (χ2n) is 4.61. The molecule has 2 atom stereocenters. The molecule has 0 aromatic heterocycles. The van der Waals surface area contributed by atoms with Crippen molar-refractivity contribution in [3.8, 4) is 0 Å². The monoisotopic (exact) mass is 271 g/mol. The number of hydrogen-bond acceptors (Lipinski definition) is 3. The van der Waals surface area contributed by atoms with Gasteiger partial charge in [0.1, 0.15) is 0 Å². The molecule has 0 saturated carbocycles. The fourth-order valence-corrected chi connectivity index (χ4v) is 3.14. The molecule has 18 heavy (non-hydrogen) atoms. The van der Waals surface area contributed by atoms with Crippen LogP contribution in [0.4, 0.5) is 0 Å². The second-order valence-corrected chi connectivity index (χ2v) is 6.32. The third kappa shape index (κ3) is 3.80. The van der Waals surface area contributed by atoms with Gasteiger partial charge in [-0.3, -0.25) is 0 Å². The lowest BCUT2D eigenvalue weighted by molar-refractivity contribution is 0.208. The summed E-state index contributed by atoms with van der Waals surface area (Å²) in [5.74, 6) is -0.102. The summed E-state index contributed by atoms with van der Waals surface area (Å²) in [7, 11) is -3.50. The SMILES string of the molecule is CC[C@H](NS(=O)(=O)c1ccc(C)cc1)[C@@H](C)CO. The molecule has 0 aliphatic rings. The Bertz CT molecular complexity index is 468. The van der Waals surface area contributed by atoms with Crippen LogP contribution in [0.15, 0.2) is 29.2 Å². The zero-order chi connectivity index (χ0) is 13.8. The van der Waals surface area contributed by atoms with Crippen molar-refractivity contribution in [1.82, 2.24) is 4.72 Å². The zero-order valence-corrected chi connectivity index (χ0v) is 11.9. The smallest absolute Gasteiger partial charge is 0.240 e. The lowest BCUT2D eigenvalue weighted by Crippen LogP contribution is -2.40. The topological polar surface area (TPSA) is 66.4 Å². The number of sulfonamides is 1. The van der Waals surface area contributed by atoms with Gasteiger partial charge in [-0.2, -0.15) is 0 Å². The van der Waals surface area contributed by atoms with Gasteiger partial charge in [-0.15, -0.1) is 0 Å². The lowest BCUT2D eigenvalue weighted by atomic mass is 10.0. The normalized spacial score (nSPS) is 15.3. The van der Waals surface area contributed by atoms with Gasteiger partial charge in [0, 0.05) is 12.6 Å². The highest BCUT2D eigenvalue weighted by atomic mass is 32.2. The quantitative estimate of drug-likeness (QED) is 0.827. The number of aryl methyl sites for hydroxylation is 1. The van der Waals surface area contributed by atoms with Gasteiger partial charge in [-0.25, -0.2) is 13.1 Å². The first-order chi connectivity index (χ1) is 8.40. The number of aliphatic hydroxyl groups is 1. The molecule has 102 valence electrons. The first kappa shape index (κ1) is 15.1. The van der Waals surface area contributed by atoms with E-state index < -0.39 is 10.0 Å². The van der Waals surface area contributed by atoms with Crippen LogP contribution in [0.3, 0.4) is 0 Å². The van der Waals surface area contributed by atoms with E-state index in [1.54, 1.807) is 24.3 Å². The number of rotatable bonds is 6. The van der Waals surface area contributed by atoms with Gasteiger partial charge >= 0.3 is 0 Å². The Balaban J connectivity index is 2.90. The molecule has 1 aromatic carbocycles. The van der Waals surface area contributed by atoms with Gasteiger partial charge < -0.3 is 5.11 Å². The molecule has 0 aliphatic carbocycles. The van der Waals surface area contributed by atoms with Gasteiger partial charge in [0.25, 0.3) is 0 Å². The van der Waals surface area contributed by atoms with E-state index in [-0.39, 0.29) is 23.5 Å². The maximum Gasteiger partial charge on any atom is 0.240 e. The molecule has 4 nitrogen and oxygen atoms in total. The summed E-state index contributed by atoms with van der Waals surface area (Å²) in [6, 6.07) is 6.47. The molecule has 0 amide bonds. The van der Waals surface area contributed by atoms with Gasteiger partial charge in [-0.05, 0) is 31.4 Å². The molecule has 0 spiro atoms. The second kappa shape index (κ2) is 6.31. The van der Waals surface area contributed by atoms with Crippen LogP contribution in [0, 0.1) is 12.8 Å². The third-order valence-corrected chi connectivity index (χ3v) is 4.56. The summed E-state index contributed by atoms with van der Waals surface area (Å²) >= 11 is 0. The molecule has 0 fully saturated rings.